The Labute approximate surface area is 67.9 Å². The first-order chi connectivity index (χ1) is 4.94. The van der Waals surface area contributed by atoms with Crippen molar-refractivity contribution in [2.24, 2.45) is 5.41 Å². The third kappa shape index (κ3) is 1.45. The third-order valence-electron chi connectivity index (χ3n) is 2.33. The molecule has 64 valence electrons. The molecule has 1 rings (SSSR count). The maximum absolute atomic E-state index is 11.1. The van der Waals surface area contributed by atoms with Gasteiger partial charge >= 0.3 is 0 Å². The highest BCUT2D eigenvalue weighted by molar-refractivity contribution is 5.91. The van der Waals surface area contributed by atoms with E-state index >= 15 is 0 Å². The van der Waals surface area contributed by atoms with Crippen LogP contribution in [0.2, 0.25) is 0 Å². The molecule has 1 aliphatic carbocycles. The second-order valence-corrected chi connectivity index (χ2v) is 4.02. The van der Waals surface area contributed by atoms with Crippen LogP contribution < -0.4 is 0 Å². The molecule has 0 spiro atoms. The molecule has 1 unspecified atom stereocenters. The molecule has 0 aromatic carbocycles. The average molecular weight is 156 g/mol. The number of carbonyl (C=O) groups excluding carboxylic acids is 1. The summed E-state index contributed by atoms with van der Waals surface area (Å²) < 4.78 is 5.55. The van der Waals surface area contributed by atoms with Crippen molar-refractivity contribution >= 4 is 5.78 Å². The number of ketones is 1. The van der Waals surface area contributed by atoms with Crippen LogP contribution in [-0.2, 0) is 9.53 Å². The first-order valence-electron chi connectivity index (χ1n) is 4.13. The molecule has 0 aromatic rings. The lowest BCUT2D eigenvalue weighted by atomic mass is 9.68. The summed E-state index contributed by atoms with van der Waals surface area (Å²) >= 11 is 0. The van der Waals surface area contributed by atoms with Gasteiger partial charge in [-0.1, -0.05) is 13.8 Å². The highest BCUT2D eigenvalue weighted by atomic mass is 16.5. The van der Waals surface area contributed by atoms with Gasteiger partial charge in [0.1, 0.15) is 5.78 Å². The van der Waals surface area contributed by atoms with Crippen molar-refractivity contribution in [3.63, 3.8) is 0 Å². The van der Waals surface area contributed by atoms with Gasteiger partial charge in [-0.2, -0.15) is 0 Å². The molecule has 0 aliphatic heterocycles. The Morgan fingerprint density at radius 3 is 2.36 bits per heavy atom. The number of hydrogen-bond acceptors (Lipinski definition) is 2. The number of ether oxygens (including phenoxy) is 1. The largest absolute Gasteiger partial charge is 0.374 e. The monoisotopic (exact) mass is 156 g/mol. The Morgan fingerprint density at radius 2 is 2.09 bits per heavy atom. The van der Waals surface area contributed by atoms with Crippen LogP contribution >= 0.6 is 0 Å². The van der Waals surface area contributed by atoms with Gasteiger partial charge in [0.25, 0.3) is 0 Å². The first-order valence-corrected chi connectivity index (χ1v) is 4.13. The molecule has 1 aliphatic rings. The Bertz CT molecular complexity index is 170. The predicted octanol–water partition coefficient (Wildman–Crippen LogP) is 1.78. The summed E-state index contributed by atoms with van der Waals surface area (Å²) in [5.41, 5.74) is -0.232. The van der Waals surface area contributed by atoms with Crippen LogP contribution in [0.15, 0.2) is 0 Å². The second-order valence-electron chi connectivity index (χ2n) is 4.02. The van der Waals surface area contributed by atoms with Crippen LogP contribution in [0.4, 0.5) is 0 Å². The SMILES string of the molecule is CC(C)OC1CC(=O)C1(C)C. The summed E-state index contributed by atoms with van der Waals surface area (Å²) in [5.74, 6) is 0.322. The molecule has 0 bridgehead atoms. The van der Waals surface area contributed by atoms with E-state index in [2.05, 4.69) is 0 Å². The lowest BCUT2D eigenvalue weighted by molar-refractivity contribution is -0.163. The summed E-state index contributed by atoms with van der Waals surface area (Å²) in [5, 5.41) is 0. The number of carbonyl (C=O) groups is 1. The van der Waals surface area contributed by atoms with E-state index in [-0.39, 0.29) is 17.6 Å². The van der Waals surface area contributed by atoms with Crippen LogP contribution in [0.3, 0.4) is 0 Å². The van der Waals surface area contributed by atoms with Gasteiger partial charge in [-0.15, -0.1) is 0 Å². The molecule has 1 saturated carbocycles. The van der Waals surface area contributed by atoms with Crippen LogP contribution in [-0.4, -0.2) is 18.0 Å². The van der Waals surface area contributed by atoms with E-state index in [0.29, 0.717) is 12.2 Å². The van der Waals surface area contributed by atoms with Gasteiger partial charge in [0, 0.05) is 6.42 Å². The molecule has 2 heteroatoms. The average Bonchev–Trinajstić information content (AvgIpc) is 1.87. The number of rotatable bonds is 2. The van der Waals surface area contributed by atoms with E-state index in [1.807, 2.05) is 27.7 Å². The standard InChI is InChI=1S/C9H16O2/c1-6(2)11-8-5-7(10)9(8,3)4/h6,8H,5H2,1-4H3. The van der Waals surface area contributed by atoms with E-state index in [0.717, 1.165) is 0 Å². The van der Waals surface area contributed by atoms with E-state index in [1.165, 1.54) is 0 Å². The molecular formula is C9H16O2. The fourth-order valence-corrected chi connectivity index (χ4v) is 1.28. The second kappa shape index (κ2) is 2.59. The normalized spacial score (nSPS) is 28.8. The van der Waals surface area contributed by atoms with E-state index in [9.17, 15) is 4.79 Å². The van der Waals surface area contributed by atoms with Crippen molar-refractivity contribution in [3.8, 4) is 0 Å². The first kappa shape index (κ1) is 8.72. The highest BCUT2D eigenvalue weighted by Gasteiger charge is 2.48. The van der Waals surface area contributed by atoms with Gasteiger partial charge in [-0.3, -0.25) is 4.79 Å². The van der Waals surface area contributed by atoms with Crippen molar-refractivity contribution < 1.29 is 9.53 Å². The van der Waals surface area contributed by atoms with E-state index in [1.54, 1.807) is 0 Å². The lowest BCUT2D eigenvalue weighted by Crippen LogP contribution is -2.52. The zero-order valence-electron chi connectivity index (χ0n) is 7.68. The van der Waals surface area contributed by atoms with Crippen LogP contribution in [0.25, 0.3) is 0 Å². The number of Topliss-reactive ketones (excluding diaryl/α,β-unsaturated/α-hetero) is 1. The van der Waals surface area contributed by atoms with Gasteiger partial charge in [0.2, 0.25) is 0 Å². The smallest absolute Gasteiger partial charge is 0.143 e. The molecule has 2 nitrogen and oxygen atoms in total. The minimum absolute atomic E-state index is 0.148. The molecule has 0 amide bonds. The highest BCUT2D eigenvalue weighted by Crippen LogP contribution is 2.39. The van der Waals surface area contributed by atoms with Crippen molar-refractivity contribution in [1.82, 2.24) is 0 Å². The molecule has 1 fully saturated rings. The van der Waals surface area contributed by atoms with Gasteiger partial charge in [-0.05, 0) is 13.8 Å². The topological polar surface area (TPSA) is 26.3 Å². The number of hydrogen-bond donors (Lipinski definition) is 0. The van der Waals surface area contributed by atoms with Crippen LogP contribution in [0, 0.1) is 5.41 Å². The van der Waals surface area contributed by atoms with Crippen molar-refractivity contribution in [1.29, 1.82) is 0 Å². The molecule has 0 radical (unpaired) electrons. The van der Waals surface area contributed by atoms with Crippen LogP contribution in [0.5, 0.6) is 0 Å². The summed E-state index contributed by atoms with van der Waals surface area (Å²) in [6.07, 6.45) is 0.980. The summed E-state index contributed by atoms with van der Waals surface area (Å²) in [7, 11) is 0. The molecule has 0 N–H and O–H groups in total. The van der Waals surface area contributed by atoms with Crippen LogP contribution in [0.1, 0.15) is 34.1 Å². The van der Waals surface area contributed by atoms with Crippen molar-refractivity contribution in [3.05, 3.63) is 0 Å². The third-order valence-corrected chi connectivity index (χ3v) is 2.33. The van der Waals surface area contributed by atoms with Crippen molar-refractivity contribution in [2.45, 2.75) is 46.3 Å². The fourth-order valence-electron chi connectivity index (χ4n) is 1.28. The molecule has 1 atom stereocenters. The van der Waals surface area contributed by atoms with Crippen molar-refractivity contribution in [2.75, 3.05) is 0 Å². The summed E-state index contributed by atoms with van der Waals surface area (Å²) in [4.78, 5) is 11.1. The van der Waals surface area contributed by atoms with Gasteiger partial charge < -0.3 is 4.74 Å². The van der Waals surface area contributed by atoms with Gasteiger partial charge in [-0.25, -0.2) is 0 Å². The quantitative estimate of drug-likeness (QED) is 0.609. The van der Waals surface area contributed by atoms with E-state index in [4.69, 9.17) is 4.74 Å². The minimum atomic E-state index is -0.232. The predicted molar refractivity (Wildman–Crippen MR) is 43.4 cm³/mol. The maximum Gasteiger partial charge on any atom is 0.143 e. The summed E-state index contributed by atoms with van der Waals surface area (Å²) in [6, 6.07) is 0. The Morgan fingerprint density at radius 1 is 1.55 bits per heavy atom. The molecule has 0 aromatic heterocycles. The Kier molecular flexibility index (Phi) is 2.06. The minimum Gasteiger partial charge on any atom is -0.374 e. The zero-order valence-corrected chi connectivity index (χ0v) is 7.68. The fraction of sp³-hybridized carbons (Fsp3) is 0.889. The molecule has 0 heterocycles. The summed E-state index contributed by atoms with van der Waals surface area (Å²) in [6.45, 7) is 7.90. The molecule has 11 heavy (non-hydrogen) atoms. The van der Waals surface area contributed by atoms with Gasteiger partial charge in [0.15, 0.2) is 0 Å². The Balaban J connectivity index is 2.46. The molecule has 0 saturated heterocycles. The van der Waals surface area contributed by atoms with Gasteiger partial charge in [0.05, 0.1) is 17.6 Å². The Hall–Kier alpha value is -0.370. The maximum atomic E-state index is 11.1. The molecular weight excluding hydrogens is 140 g/mol. The zero-order chi connectivity index (χ0) is 8.65. The van der Waals surface area contributed by atoms with E-state index < -0.39 is 0 Å². The lowest BCUT2D eigenvalue weighted by Gasteiger charge is -2.42.